The molecule has 1 heterocycles. The van der Waals surface area contributed by atoms with Crippen LogP contribution >= 0.6 is 0 Å². The highest BCUT2D eigenvalue weighted by atomic mass is 16.5. The van der Waals surface area contributed by atoms with Crippen molar-refractivity contribution in [3.63, 3.8) is 0 Å². The number of esters is 1. The van der Waals surface area contributed by atoms with Crippen molar-refractivity contribution in [3.05, 3.63) is 35.4 Å². The van der Waals surface area contributed by atoms with Crippen LogP contribution in [0.3, 0.4) is 0 Å². The highest BCUT2D eigenvalue weighted by Crippen LogP contribution is 2.48. The highest BCUT2D eigenvalue weighted by Gasteiger charge is 2.45. The van der Waals surface area contributed by atoms with E-state index in [2.05, 4.69) is 6.07 Å². The van der Waals surface area contributed by atoms with Crippen molar-refractivity contribution in [1.29, 1.82) is 5.26 Å². The van der Waals surface area contributed by atoms with E-state index in [0.717, 1.165) is 37.8 Å². The maximum atomic E-state index is 12.1. The lowest BCUT2D eigenvalue weighted by molar-refractivity contribution is -0.147. The van der Waals surface area contributed by atoms with Crippen LogP contribution in [0.4, 0.5) is 0 Å². The van der Waals surface area contributed by atoms with Crippen molar-refractivity contribution in [3.8, 4) is 6.07 Å². The SMILES string of the molecule is N#Cc1cccc([C@@H]2C[C@H]2C(=O)OCCN2CCCCCC2=O)c1. The van der Waals surface area contributed by atoms with Gasteiger partial charge in [0, 0.05) is 13.0 Å². The quantitative estimate of drug-likeness (QED) is 0.780. The number of carbonyl (C=O) groups is 2. The molecule has 2 aliphatic rings. The molecule has 0 bridgehead atoms. The summed E-state index contributed by atoms with van der Waals surface area (Å²) in [6.07, 6.45) is 4.46. The van der Waals surface area contributed by atoms with E-state index in [1.54, 1.807) is 11.0 Å². The van der Waals surface area contributed by atoms with Gasteiger partial charge in [-0.25, -0.2) is 0 Å². The molecule has 2 fully saturated rings. The molecular weight excluding hydrogens is 304 g/mol. The molecule has 1 saturated heterocycles. The summed E-state index contributed by atoms with van der Waals surface area (Å²) in [4.78, 5) is 25.8. The first kappa shape index (κ1) is 16.5. The molecule has 0 N–H and O–H groups in total. The molecule has 126 valence electrons. The number of nitriles is 1. The summed E-state index contributed by atoms with van der Waals surface area (Å²) in [5, 5.41) is 8.95. The predicted molar refractivity (Wildman–Crippen MR) is 88.0 cm³/mol. The predicted octanol–water partition coefficient (Wildman–Crippen LogP) is 2.61. The van der Waals surface area contributed by atoms with Gasteiger partial charge in [0.1, 0.15) is 6.61 Å². The largest absolute Gasteiger partial charge is 0.464 e. The van der Waals surface area contributed by atoms with Gasteiger partial charge in [-0.2, -0.15) is 5.26 Å². The first-order valence-electron chi connectivity index (χ1n) is 8.63. The molecule has 5 heteroatoms. The molecule has 1 aliphatic heterocycles. The van der Waals surface area contributed by atoms with Crippen molar-refractivity contribution in [2.24, 2.45) is 5.92 Å². The van der Waals surface area contributed by atoms with E-state index in [-0.39, 0.29) is 30.3 Å². The zero-order valence-corrected chi connectivity index (χ0v) is 13.7. The molecule has 0 aromatic heterocycles. The lowest BCUT2D eigenvalue weighted by Crippen LogP contribution is -2.34. The minimum Gasteiger partial charge on any atom is -0.464 e. The van der Waals surface area contributed by atoms with Crippen LogP contribution in [0.2, 0.25) is 0 Å². The van der Waals surface area contributed by atoms with Crippen molar-refractivity contribution in [1.82, 2.24) is 4.90 Å². The number of hydrogen-bond acceptors (Lipinski definition) is 4. The summed E-state index contributed by atoms with van der Waals surface area (Å²) in [5.74, 6) is 0.0233. The Balaban J connectivity index is 1.45. The van der Waals surface area contributed by atoms with Gasteiger partial charge in [-0.3, -0.25) is 9.59 Å². The maximum Gasteiger partial charge on any atom is 0.309 e. The Morgan fingerprint density at radius 3 is 3.04 bits per heavy atom. The molecule has 1 saturated carbocycles. The van der Waals surface area contributed by atoms with Gasteiger partial charge < -0.3 is 9.64 Å². The van der Waals surface area contributed by atoms with E-state index in [1.165, 1.54) is 0 Å². The summed E-state index contributed by atoms with van der Waals surface area (Å²) in [7, 11) is 0. The second-order valence-corrected chi connectivity index (χ2v) is 6.54. The number of likely N-dealkylation sites (tertiary alicyclic amines) is 1. The molecule has 24 heavy (non-hydrogen) atoms. The van der Waals surface area contributed by atoms with E-state index in [9.17, 15) is 9.59 Å². The van der Waals surface area contributed by atoms with E-state index in [1.807, 2.05) is 18.2 Å². The Labute approximate surface area is 142 Å². The molecule has 3 rings (SSSR count). The third kappa shape index (κ3) is 3.94. The number of amides is 1. The van der Waals surface area contributed by atoms with Crippen LogP contribution in [0.25, 0.3) is 0 Å². The van der Waals surface area contributed by atoms with E-state index in [0.29, 0.717) is 18.5 Å². The van der Waals surface area contributed by atoms with Crippen LogP contribution in [0.5, 0.6) is 0 Å². The summed E-state index contributed by atoms with van der Waals surface area (Å²) in [5.41, 5.74) is 1.64. The molecular formula is C19H22N2O3. The average molecular weight is 326 g/mol. The number of rotatable bonds is 5. The third-order valence-corrected chi connectivity index (χ3v) is 4.81. The van der Waals surface area contributed by atoms with Crippen LogP contribution in [0, 0.1) is 17.2 Å². The fourth-order valence-corrected chi connectivity index (χ4v) is 3.30. The summed E-state index contributed by atoms with van der Waals surface area (Å²) >= 11 is 0. The maximum absolute atomic E-state index is 12.1. The number of carbonyl (C=O) groups excluding carboxylic acids is 2. The van der Waals surface area contributed by atoms with E-state index in [4.69, 9.17) is 10.00 Å². The number of nitrogens with zero attached hydrogens (tertiary/aromatic N) is 2. The zero-order chi connectivity index (χ0) is 16.9. The van der Waals surface area contributed by atoms with Crippen molar-refractivity contribution in [2.45, 2.75) is 38.0 Å². The lowest BCUT2D eigenvalue weighted by atomic mass is 10.1. The number of ether oxygens (including phenoxy) is 1. The molecule has 1 aromatic rings. The second-order valence-electron chi connectivity index (χ2n) is 6.54. The first-order valence-corrected chi connectivity index (χ1v) is 8.63. The minimum absolute atomic E-state index is 0.112. The van der Waals surface area contributed by atoms with Gasteiger partial charge >= 0.3 is 5.97 Å². The lowest BCUT2D eigenvalue weighted by Gasteiger charge is -2.20. The van der Waals surface area contributed by atoms with Crippen LogP contribution in [0.15, 0.2) is 24.3 Å². The van der Waals surface area contributed by atoms with Crippen molar-refractivity contribution < 1.29 is 14.3 Å². The monoisotopic (exact) mass is 326 g/mol. The van der Waals surface area contributed by atoms with Gasteiger partial charge in [-0.15, -0.1) is 0 Å². The van der Waals surface area contributed by atoms with Crippen molar-refractivity contribution >= 4 is 11.9 Å². The third-order valence-electron chi connectivity index (χ3n) is 4.81. The van der Waals surface area contributed by atoms with Crippen LogP contribution in [0.1, 0.15) is 49.1 Å². The summed E-state index contributed by atoms with van der Waals surface area (Å²) in [6, 6.07) is 9.52. The highest BCUT2D eigenvalue weighted by molar-refractivity contribution is 5.78. The molecule has 0 radical (unpaired) electrons. The second kappa shape index (κ2) is 7.48. The molecule has 2 atom stereocenters. The summed E-state index contributed by atoms with van der Waals surface area (Å²) < 4.78 is 5.37. The van der Waals surface area contributed by atoms with Gasteiger partial charge in [0.25, 0.3) is 0 Å². The zero-order valence-electron chi connectivity index (χ0n) is 13.7. The van der Waals surface area contributed by atoms with Gasteiger partial charge in [0.15, 0.2) is 0 Å². The fourth-order valence-electron chi connectivity index (χ4n) is 3.30. The normalized spacial score (nSPS) is 23.3. The van der Waals surface area contributed by atoms with E-state index < -0.39 is 0 Å². The molecule has 1 aliphatic carbocycles. The van der Waals surface area contributed by atoms with Crippen LogP contribution in [-0.4, -0.2) is 36.5 Å². The molecule has 1 aromatic carbocycles. The Morgan fingerprint density at radius 2 is 2.21 bits per heavy atom. The Bertz CT molecular complexity index is 665. The minimum atomic E-state index is -0.190. The Morgan fingerprint density at radius 1 is 1.33 bits per heavy atom. The molecule has 5 nitrogen and oxygen atoms in total. The number of hydrogen-bond donors (Lipinski definition) is 0. The number of benzene rings is 1. The van der Waals surface area contributed by atoms with Crippen LogP contribution < -0.4 is 0 Å². The van der Waals surface area contributed by atoms with E-state index >= 15 is 0 Å². The average Bonchev–Trinajstić information content (AvgIpc) is 3.41. The standard InChI is InChI=1S/C19H22N2O3/c20-13-14-5-4-6-15(11-14)16-12-17(16)19(23)24-10-9-21-8-3-1-2-7-18(21)22/h4-6,11,16-17H,1-3,7-10,12H2/t16-,17+/m0/s1. The smallest absolute Gasteiger partial charge is 0.309 e. The first-order chi connectivity index (χ1) is 11.7. The van der Waals surface area contributed by atoms with Gasteiger partial charge in [0.2, 0.25) is 5.91 Å². The van der Waals surface area contributed by atoms with Gasteiger partial charge in [-0.1, -0.05) is 18.6 Å². The molecule has 1 amide bonds. The Kier molecular flexibility index (Phi) is 5.14. The molecule has 0 unspecified atom stereocenters. The topological polar surface area (TPSA) is 70.4 Å². The summed E-state index contributed by atoms with van der Waals surface area (Å²) in [6.45, 7) is 1.53. The van der Waals surface area contributed by atoms with Crippen molar-refractivity contribution in [2.75, 3.05) is 19.7 Å². The van der Waals surface area contributed by atoms with Gasteiger partial charge in [0.05, 0.1) is 24.1 Å². The molecule has 0 spiro atoms. The van der Waals surface area contributed by atoms with Gasteiger partial charge in [-0.05, 0) is 42.9 Å². The fraction of sp³-hybridized carbons (Fsp3) is 0.526. The Hall–Kier alpha value is -2.35. The van der Waals surface area contributed by atoms with Crippen LogP contribution in [-0.2, 0) is 14.3 Å².